The van der Waals surface area contributed by atoms with Crippen LogP contribution in [0.2, 0.25) is 5.02 Å². The van der Waals surface area contributed by atoms with Crippen LogP contribution in [0, 0.1) is 0 Å². The number of nitrogen functional groups attached to an aromatic ring is 1. The molecule has 18 heavy (non-hydrogen) atoms. The molecule has 1 aromatic carbocycles. The SMILES string of the molecule is Nc1ccc(-c2ccccc2Cl)c(C(F)(F)F)n1. The number of pyridine rings is 1. The number of aromatic nitrogens is 1. The van der Waals surface area contributed by atoms with Gasteiger partial charge in [0.15, 0.2) is 5.69 Å². The number of rotatable bonds is 1. The molecule has 0 spiro atoms. The molecule has 0 aliphatic heterocycles. The van der Waals surface area contributed by atoms with E-state index in [0.29, 0.717) is 0 Å². The second kappa shape index (κ2) is 4.49. The van der Waals surface area contributed by atoms with Gasteiger partial charge in [-0.15, -0.1) is 0 Å². The summed E-state index contributed by atoms with van der Waals surface area (Å²) >= 11 is 5.89. The van der Waals surface area contributed by atoms with Crippen LogP contribution in [0.25, 0.3) is 11.1 Å². The molecule has 0 atom stereocenters. The van der Waals surface area contributed by atoms with Crippen molar-refractivity contribution in [3.05, 3.63) is 47.1 Å². The number of nitrogens with zero attached hydrogens (tertiary/aromatic N) is 1. The summed E-state index contributed by atoms with van der Waals surface area (Å²) in [6.45, 7) is 0. The Kier molecular flexibility index (Phi) is 3.17. The van der Waals surface area contributed by atoms with Crippen LogP contribution in [-0.2, 0) is 6.18 Å². The van der Waals surface area contributed by atoms with E-state index in [1.54, 1.807) is 12.1 Å². The molecule has 0 unspecified atom stereocenters. The number of hydrogen-bond acceptors (Lipinski definition) is 2. The van der Waals surface area contributed by atoms with Gasteiger partial charge in [0.25, 0.3) is 0 Å². The van der Waals surface area contributed by atoms with E-state index in [1.807, 2.05) is 0 Å². The summed E-state index contributed by atoms with van der Waals surface area (Å²) in [5, 5.41) is 0.231. The zero-order valence-electron chi connectivity index (χ0n) is 9.00. The van der Waals surface area contributed by atoms with Crippen molar-refractivity contribution in [1.29, 1.82) is 0 Å². The summed E-state index contributed by atoms with van der Waals surface area (Å²) in [5.74, 6) is -0.182. The van der Waals surface area contributed by atoms with Crippen LogP contribution in [0.3, 0.4) is 0 Å². The Hall–Kier alpha value is -1.75. The molecule has 0 fully saturated rings. The molecule has 0 amide bonds. The Bertz CT molecular complexity index is 582. The minimum atomic E-state index is -4.58. The largest absolute Gasteiger partial charge is 0.434 e. The molecule has 0 saturated carbocycles. The molecule has 0 saturated heterocycles. The second-order valence-corrected chi connectivity index (χ2v) is 4.02. The minimum Gasteiger partial charge on any atom is -0.384 e. The summed E-state index contributed by atoms with van der Waals surface area (Å²) < 4.78 is 38.7. The molecular weight excluding hydrogens is 265 g/mol. The smallest absolute Gasteiger partial charge is 0.384 e. The van der Waals surface area contributed by atoms with Crippen LogP contribution < -0.4 is 5.73 Å². The third-order valence-electron chi connectivity index (χ3n) is 2.35. The highest BCUT2D eigenvalue weighted by molar-refractivity contribution is 6.33. The van der Waals surface area contributed by atoms with Gasteiger partial charge in [0.05, 0.1) is 0 Å². The van der Waals surface area contributed by atoms with E-state index < -0.39 is 11.9 Å². The van der Waals surface area contributed by atoms with Gasteiger partial charge in [-0.05, 0) is 18.2 Å². The normalized spacial score (nSPS) is 11.6. The van der Waals surface area contributed by atoms with Gasteiger partial charge < -0.3 is 5.73 Å². The fourth-order valence-electron chi connectivity index (χ4n) is 1.59. The first-order valence-electron chi connectivity index (χ1n) is 4.98. The molecular formula is C12H8ClF3N2. The van der Waals surface area contributed by atoms with Crippen molar-refractivity contribution in [3.8, 4) is 11.1 Å². The lowest BCUT2D eigenvalue weighted by molar-refractivity contribution is -0.140. The number of benzene rings is 1. The van der Waals surface area contributed by atoms with Crippen LogP contribution in [-0.4, -0.2) is 4.98 Å². The number of hydrogen-bond donors (Lipinski definition) is 1. The van der Waals surface area contributed by atoms with Gasteiger partial charge in [-0.2, -0.15) is 13.2 Å². The van der Waals surface area contributed by atoms with E-state index in [4.69, 9.17) is 17.3 Å². The highest BCUT2D eigenvalue weighted by Gasteiger charge is 2.36. The molecule has 2 nitrogen and oxygen atoms in total. The fourth-order valence-corrected chi connectivity index (χ4v) is 1.82. The van der Waals surface area contributed by atoms with Crippen molar-refractivity contribution < 1.29 is 13.2 Å². The van der Waals surface area contributed by atoms with Crippen molar-refractivity contribution >= 4 is 17.4 Å². The highest BCUT2D eigenvalue weighted by Crippen LogP contribution is 2.38. The summed E-state index contributed by atoms with van der Waals surface area (Å²) in [6, 6.07) is 8.86. The number of anilines is 1. The molecule has 0 aliphatic rings. The second-order valence-electron chi connectivity index (χ2n) is 3.61. The van der Waals surface area contributed by atoms with Gasteiger partial charge in [0, 0.05) is 16.1 Å². The highest BCUT2D eigenvalue weighted by atomic mass is 35.5. The quantitative estimate of drug-likeness (QED) is 0.852. The average molecular weight is 273 g/mol. The van der Waals surface area contributed by atoms with Crippen molar-refractivity contribution in [2.45, 2.75) is 6.18 Å². The molecule has 94 valence electrons. The molecule has 2 rings (SSSR count). The monoisotopic (exact) mass is 272 g/mol. The summed E-state index contributed by atoms with van der Waals surface area (Å²) in [6.07, 6.45) is -4.58. The molecule has 1 aromatic heterocycles. The molecule has 0 bridgehead atoms. The first kappa shape index (κ1) is 12.7. The molecule has 2 N–H and O–H groups in total. The van der Waals surface area contributed by atoms with Crippen LogP contribution in [0.15, 0.2) is 36.4 Å². The zero-order valence-corrected chi connectivity index (χ0v) is 9.76. The van der Waals surface area contributed by atoms with Crippen molar-refractivity contribution in [3.63, 3.8) is 0 Å². The Balaban J connectivity index is 2.69. The van der Waals surface area contributed by atoms with E-state index in [0.717, 1.165) is 0 Å². The number of nitrogens with two attached hydrogens (primary N) is 1. The summed E-state index contributed by atoms with van der Waals surface area (Å²) in [4.78, 5) is 3.36. The number of alkyl halides is 3. The Labute approximate surface area is 106 Å². The van der Waals surface area contributed by atoms with Gasteiger partial charge in [-0.3, -0.25) is 0 Å². The molecule has 0 radical (unpaired) electrons. The van der Waals surface area contributed by atoms with Crippen molar-refractivity contribution in [2.24, 2.45) is 0 Å². The van der Waals surface area contributed by atoms with E-state index in [-0.39, 0.29) is 22.0 Å². The Morgan fingerprint density at radius 1 is 1.00 bits per heavy atom. The van der Waals surface area contributed by atoms with Crippen LogP contribution in [0.5, 0.6) is 0 Å². The predicted molar refractivity (Wildman–Crippen MR) is 64.1 cm³/mol. The molecule has 6 heteroatoms. The van der Waals surface area contributed by atoms with Gasteiger partial charge >= 0.3 is 6.18 Å². The lowest BCUT2D eigenvalue weighted by Gasteiger charge is -2.13. The average Bonchev–Trinajstić information content (AvgIpc) is 2.29. The minimum absolute atomic E-state index is 0.0812. The first-order valence-corrected chi connectivity index (χ1v) is 5.36. The topological polar surface area (TPSA) is 38.9 Å². The lowest BCUT2D eigenvalue weighted by Crippen LogP contribution is -2.11. The Morgan fingerprint density at radius 2 is 1.67 bits per heavy atom. The van der Waals surface area contributed by atoms with Crippen LogP contribution in [0.4, 0.5) is 19.0 Å². The summed E-state index contributed by atoms with van der Waals surface area (Å²) in [5.41, 5.74) is 4.46. The van der Waals surface area contributed by atoms with Crippen LogP contribution in [0.1, 0.15) is 5.69 Å². The fraction of sp³-hybridized carbons (Fsp3) is 0.0833. The van der Waals surface area contributed by atoms with Gasteiger partial charge in [-0.25, -0.2) is 4.98 Å². The van der Waals surface area contributed by atoms with Gasteiger partial charge in [0.2, 0.25) is 0 Å². The molecule has 1 heterocycles. The molecule has 2 aromatic rings. The van der Waals surface area contributed by atoms with E-state index in [2.05, 4.69) is 4.98 Å². The predicted octanol–water partition coefficient (Wildman–Crippen LogP) is 4.00. The van der Waals surface area contributed by atoms with Gasteiger partial charge in [-0.1, -0.05) is 29.8 Å². The van der Waals surface area contributed by atoms with E-state index in [1.165, 1.54) is 24.3 Å². The van der Waals surface area contributed by atoms with E-state index >= 15 is 0 Å². The third kappa shape index (κ3) is 2.41. The maximum Gasteiger partial charge on any atom is 0.434 e. The maximum atomic E-state index is 12.9. The Morgan fingerprint density at radius 3 is 2.28 bits per heavy atom. The maximum absolute atomic E-state index is 12.9. The van der Waals surface area contributed by atoms with Crippen LogP contribution >= 0.6 is 11.6 Å². The standard InChI is InChI=1S/C12H8ClF3N2/c13-9-4-2-1-3-7(9)8-5-6-10(17)18-11(8)12(14,15)16/h1-6H,(H2,17,18). The lowest BCUT2D eigenvalue weighted by atomic mass is 10.0. The molecule has 0 aliphatic carbocycles. The summed E-state index contributed by atoms with van der Waals surface area (Å²) in [7, 11) is 0. The number of halogens is 4. The third-order valence-corrected chi connectivity index (χ3v) is 2.68. The van der Waals surface area contributed by atoms with Crippen molar-refractivity contribution in [1.82, 2.24) is 4.98 Å². The van der Waals surface area contributed by atoms with E-state index in [9.17, 15) is 13.2 Å². The zero-order chi connectivity index (χ0) is 13.3. The first-order chi connectivity index (χ1) is 8.39. The van der Waals surface area contributed by atoms with Gasteiger partial charge in [0.1, 0.15) is 5.82 Å². The van der Waals surface area contributed by atoms with Crippen molar-refractivity contribution in [2.75, 3.05) is 5.73 Å².